The molecule has 5 nitrogen and oxygen atoms in total. The van der Waals surface area contributed by atoms with Crippen LogP contribution in [0.1, 0.15) is 18.4 Å². The topological polar surface area (TPSA) is 67.3 Å². The molecule has 1 atom stereocenters. The molecule has 1 amide bonds. The van der Waals surface area contributed by atoms with Gasteiger partial charge in [0.2, 0.25) is 5.91 Å². The smallest absolute Gasteiger partial charge is 0.232 e. The average Bonchev–Trinajstić information content (AvgIpc) is 2.92. The van der Waals surface area contributed by atoms with E-state index in [1.54, 1.807) is 11.1 Å². The standard InChI is InChI=1S/C16H19FN2O3S2/c17-14-7-13(8-18-9-14)12-1-4-19(5-2-12)16(20)10-23-15-3-6-24(21,22)11-15/h1,7-9,15H,2-6,10-11H2/t15-/m0/s1. The normalized spacial score (nSPS) is 23.1. The Balaban J connectivity index is 1.51. The van der Waals surface area contributed by atoms with E-state index < -0.39 is 9.84 Å². The van der Waals surface area contributed by atoms with Crippen LogP contribution in [0.3, 0.4) is 0 Å². The van der Waals surface area contributed by atoms with Crippen molar-refractivity contribution in [3.05, 3.63) is 35.9 Å². The van der Waals surface area contributed by atoms with E-state index in [1.165, 1.54) is 24.0 Å². The quantitative estimate of drug-likeness (QED) is 0.808. The third kappa shape index (κ3) is 4.36. The second kappa shape index (κ2) is 7.23. The Labute approximate surface area is 145 Å². The SMILES string of the molecule is O=C(CS[C@H]1CCS(=O)(=O)C1)N1CC=C(c2cncc(F)c2)CC1. The Bertz CT molecular complexity index is 764. The van der Waals surface area contributed by atoms with E-state index in [4.69, 9.17) is 0 Å². The lowest BCUT2D eigenvalue weighted by Crippen LogP contribution is -2.36. The van der Waals surface area contributed by atoms with Crippen LogP contribution in [0.5, 0.6) is 0 Å². The van der Waals surface area contributed by atoms with Crippen LogP contribution in [0.25, 0.3) is 5.57 Å². The Morgan fingerprint density at radius 2 is 2.25 bits per heavy atom. The largest absolute Gasteiger partial charge is 0.338 e. The van der Waals surface area contributed by atoms with Gasteiger partial charge in [0.1, 0.15) is 5.82 Å². The Hall–Kier alpha value is -1.41. The van der Waals surface area contributed by atoms with Crippen molar-refractivity contribution in [2.45, 2.75) is 18.1 Å². The molecule has 0 aromatic carbocycles. The molecule has 0 unspecified atom stereocenters. The van der Waals surface area contributed by atoms with Crippen LogP contribution in [0.4, 0.5) is 4.39 Å². The number of hydrogen-bond acceptors (Lipinski definition) is 5. The van der Waals surface area contributed by atoms with Crippen molar-refractivity contribution in [3.8, 4) is 0 Å². The number of thioether (sulfide) groups is 1. The first-order valence-electron chi connectivity index (χ1n) is 7.83. The summed E-state index contributed by atoms with van der Waals surface area (Å²) in [5, 5.41) is 0.0354. The molecular formula is C16H19FN2O3S2. The number of nitrogens with zero attached hydrogens (tertiary/aromatic N) is 2. The van der Waals surface area contributed by atoms with Crippen molar-refractivity contribution in [2.75, 3.05) is 30.3 Å². The highest BCUT2D eigenvalue weighted by molar-refractivity contribution is 8.02. The molecule has 130 valence electrons. The lowest BCUT2D eigenvalue weighted by atomic mass is 10.0. The van der Waals surface area contributed by atoms with Gasteiger partial charge in [-0.2, -0.15) is 0 Å². The highest BCUT2D eigenvalue weighted by Gasteiger charge is 2.29. The molecule has 2 aliphatic rings. The molecule has 0 spiro atoms. The molecule has 1 aromatic heterocycles. The third-order valence-corrected chi connectivity index (χ3v) is 7.54. The number of carbonyl (C=O) groups is 1. The summed E-state index contributed by atoms with van der Waals surface area (Å²) in [6.45, 7) is 1.08. The number of rotatable bonds is 4. The molecule has 0 saturated carbocycles. The van der Waals surface area contributed by atoms with Crippen molar-refractivity contribution >= 4 is 33.1 Å². The van der Waals surface area contributed by atoms with Crippen molar-refractivity contribution < 1.29 is 17.6 Å². The zero-order chi connectivity index (χ0) is 17.2. The van der Waals surface area contributed by atoms with Crippen LogP contribution < -0.4 is 0 Å². The van der Waals surface area contributed by atoms with Gasteiger partial charge in [-0.3, -0.25) is 9.78 Å². The van der Waals surface area contributed by atoms with Gasteiger partial charge < -0.3 is 4.90 Å². The minimum absolute atomic E-state index is 0.0250. The summed E-state index contributed by atoms with van der Waals surface area (Å²) >= 11 is 1.44. The van der Waals surface area contributed by atoms with Gasteiger partial charge >= 0.3 is 0 Å². The van der Waals surface area contributed by atoms with Gasteiger partial charge in [0.05, 0.1) is 23.5 Å². The number of hydrogen-bond donors (Lipinski definition) is 0. The third-order valence-electron chi connectivity index (χ3n) is 4.27. The van der Waals surface area contributed by atoms with Gasteiger partial charge in [0.25, 0.3) is 0 Å². The number of aromatic nitrogens is 1. The van der Waals surface area contributed by atoms with Crippen LogP contribution in [0.15, 0.2) is 24.5 Å². The number of sulfone groups is 1. The van der Waals surface area contributed by atoms with E-state index in [2.05, 4.69) is 4.98 Å². The van der Waals surface area contributed by atoms with E-state index in [0.717, 1.165) is 11.1 Å². The fourth-order valence-corrected chi connectivity index (χ4v) is 6.46. The molecule has 3 rings (SSSR count). The van der Waals surface area contributed by atoms with Crippen molar-refractivity contribution in [2.24, 2.45) is 0 Å². The molecule has 1 saturated heterocycles. The second-order valence-electron chi connectivity index (χ2n) is 6.05. The molecule has 0 radical (unpaired) electrons. The number of carbonyl (C=O) groups excluding carboxylic acids is 1. The van der Waals surface area contributed by atoms with Gasteiger partial charge in [-0.25, -0.2) is 12.8 Å². The van der Waals surface area contributed by atoms with E-state index in [0.29, 0.717) is 31.7 Å². The molecule has 0 aliphatic carbocycles. The molecule has 1 fully saturated rings. The van der Waals surface area contributed by atoms with Crippen molar-refractivity contribution in [1.82, 2.24) is 9.88 Å². The number of pyridine rings is 1. The fourth-order valence-electron chi connectivity index (χ4n) is 2.92. The lowest BCUT2D eigenvalue weighted by molar-refractivity contribution is -0.127. The predicted molar refractivity (Wildman–Crippen MR) is 92.9 cm³/mol. The minimum atomic E-state index is -2.90. The maximum Gasteiger partial charge on any atom is 0.232 e. The van der Waals surface area contributed by atoms with E-state index >= 15 is 0 Å². The molecule has 8 heteroatoms. The molecule has 2 aliphatic heterocycles. The highest BCUT2D eigenvalue weighted by Crippen LogP contribution is 2.26. The lowest BCUT2D eigenvalue weighted by Gasteiger charge is -2.27. The fraction of sp³-hybridized carbons (Fsp3) is 0.500. The maximum atomic E-state index is 13.2. The summed E-state index contributed by atoms with van der Waals surface area (Å²) < 4.78 is 36.1. The first kappa shape index (κ1) is 17.4. The summed E-state index contributed by atoms with van der Waals surface area (Å²) in [6.07, 6.45) is 6.03. The zero-order valence-electron chi connectivity index (χ0n) is 13.2. The van der Waals surface area contributed by atoms with Crippen LogP contribution in [0, 0.1) is 5.82 Å². The highest BCUT2D eigenvalue weighted by atomic mass is 32.2. The summed E-state index contributed by atoms with van der Waals surface area (Å²) in [5.41, 5.74) is 1.76. The first-order valence-corrected chi connectivity index (χ1v) is 10.7. The van der Waals surface area contributed by atoms with Gasteiger partial charge in [-0.1, -0.05) is 6.08 Å². The monoisotopic (exact) mass is 370 g/mol. The summed E-state index contributed by atoms with van der Waals surface area (Å²) in [4.78, 5) is 17.9. The van der Waals surface area contributed by atoms with E-state index in [9.17, 15) is 17.6 Å². The molecule has 0 bridgehead atoms. The molecule has 3 heterocycles. The number of halogens is 1. The average molecular weight is 370 g/mol. The van der Waals surface area contributed by atoms with Crippen LogP contribution >= 0.6 is 11.8 Å². The second-order valence-corrected chi connectivity index (χ2v) is 9.56. The first-order chi connectivity index (χ1) is 11.4. The van der Waals surface area contributed by atoms with E-state index in [1.807, 2.05) is 6.08 Å². The van der Waals surface area contributed by atoms with Gasteiger partial charge in [0, 0.05) is 24.5 Å². The van der Waals surface area contributed by atoms with Crippen molar-refractivity contribution in [3.63, 3.8) is 0 Å². The number of amides is 1. The Morgan fingerprint density at radius 3 is 2.88 bits per heavy atom. The Morgan fingerprint density at radius 1 is 1.42 bits per heavy atom. The summed E-state index contributed by atoms with van der Waals surface area (Å²) in [5.74, 6) is 0.384. The Kier molecular flexibility index (Phi) is 5.24. The molecule has 0 N–H and O–H groups in total. The summed E-state index contributed by atoms with van der Waals surface area (Å²) in [6, 6.07) is 1.45. The van der Waals surface area contributed by atoms with Crippen LogP contribution in [-0.4, -0.2) is 59.8 Å². The maximum absolute atomic E-state index is 13.2. The van der Waals surface area contributed by atoms with Gasteiger partial charge in [-0.05, 0) is 30.0 Å². The molecule has 24 heavy (non-hydrogen) atoms. The molecule has 1 aromatic rings. The zero-order valence-corrected chi connectivity index (χ0v) is 14.8. The summed E-state index contributed by atoms with van der Waals surface area (Å²) in [7, 11) is -2.90. The van der Waals surface area contributed by atoms with Crippen molar-refractivity contribution in [1.29, 1.82) is 0 Å². The van der Waals surface area contributed by atoms with Crippen LogP contribution in [-0.2, 0) is 14.6 Å². The minimum Gasteiger partial charge on any atom is -0.338 e. The van der Waals surface area contributed by atoms with Crippen LogP contribution in [0.2, 0.25) is 0 Å². The van der Waals surface area contributed by atoms with Gasteiger partial charge in [0.15, 0.2) is 9.84 Å². The molecular weight excluding hydrogens is 351 g/mol. The van der Waals surface area contributed by atoms with Gasteiger partial charge in [-0.15, -0.1) is 11.8 Å². The van der Waals surface area contributed by atoms with E-state index in [-0.39, 0.29) is 28.5 Å². The predicted octanol–water partition coefficient (Wildman–Crippen LogP) is 1.76.